The van der Waals surface area contributed by atoms with Crippen molar-refractivity contribution >= 4 is 11.8 Å². The maximum atomic E-state index is 12.8. The van der Waals surface area contributed by atoms with Gasteiger partial charge in [0, 0.05) is 44.8 Å². The Balaban J connectivity index is 1.27. The summed E-state index contributed by atoms with van der Waals surface area (Å²) in [7, 11) is 0. The number of esters is 1. The Morgan fingerprint density at radius 2 is 2.07 bits per heavy atom. The number of allylic oxidation sites excluding steroid dienone is 1. The Bertz CT molecular complexity index is 787. The number of ether oxygens (including phenoxy) is 1. The molecule has 0 N–H and O–H groups in total. The van der Waals surface area contributed by atoms with Crippen molar-refractivity contribution in [2.75, 3.05) is 37.6 Å². The van der Waals surface area contributed by atoms with Gasteiger partial charge in [0.15, 0.2) is 0 Å². The van der Waals surface area contributed by atoms with Crippen molar-refractivity contribution < 1.29 is 9.53 Å². The minimum atomic E-state index is -0.00687. The van der Waals surface area contributed by atoms with Gasteiger partial charge in [0.2, 0.25) is 0 Å². The molecule has 156 valence electrons. The minimum absolute atomic E-state index is 0.00687. The lowest BCUT2D eigenvalue weighted by Crippen LogP contribution is -2.49. The summed E-state index contributed by atoms with van der Waals surface area (Å²) >= 11 is 0. The number of hydrogen-bond acceptors (Lipinski definition) is 5. The van der Waals surface area contributed by atoms with Crippen LogP contribution in [0.2, 0.25) is 0 Å². The van der Waals surface area contributed by atoms with E-state index in [0.29, 0.717) is 5.92 Å². The van der Waals surface area contributed by atoms with E-state index in [2.05, 4.69) is 40.8 Å². The molecular weight excluding hydrogens is 362 g/mol. The first kappa shape index (κ1) is 19.1. The maximum Gasteiger partial charge on any atom is 0.311 e. The van der Waals surface area contributed by atoms with Crippen LogP contribution in [0.5, 0.6) is 0 Å². The first-order valence-corrected chi connectivity index (χ1v) is 11.3. The molecule has 0 spiro atoms. The molecule has 3 heterocycles. The zero-order chi connectivity index (χ0) is 20.0. The smallest absolute Gasteiger partial charge is 0.311 e. The van der Waals surface area contributed by atoms with E-state index in [4.69, 9.17) is 4.74 Å². The summed E-state index contributed by atoms with van der Waals surface area (Å²) in [5, 5.41) is 0. The Kier molecular flexibility index (Phi) is 4.89. The topological polar surface area (TPSA) is 45.7 Å². The van der Waals surface area contributed by atoms with E-state index in [9.17, 15) is 4.79 Å². The Labute approximate surface area is 174 Å². The van der Waals surface area contributed by atoms with Gasteiger partial charge >= 0.3 is 5.97 Å². The number of anilines is 1. The predicted octanol–water partition coefficient (Wildman–Crippen LogP) is 3.52. The van der Waals surface area contributed by atoms with E-state index in [-0.39, 0.29) is 29.3 Å². The van der Waals surface area contributed by atoms with Gasteiger partial charge in [0.1, 0.15) is 11.9 Å². The molecule has 1 aromatic heterocycles. The van der Waals surface area contributed by atoms with Crippen molar-refractivity contribution in [3.63, 3.8) is 0 Å². The lowest BCUT2D eigenvalue weighted by atomic mass is 9.59. The number of piperazine rings is 1. The van der Waals surface area contributed by atoms with E-state index < -0.39 is 0 Å². The summed E-state index contributed by atoms with van der Waals surface area (Å²) in [5.41, 5.74) is 1.84. The third-order valence-electron chi connectivity index (χ3n) is 7.88. The molecule has 1 aromatic rings. The van der Waals surface area contributed by atoms with Crippen LogP contribution in [0, 0.1) is 23.2 Å². The van der Waals surface area contributed by atoms with Crippen molar-refractivity contribution in [2.45, 2.75) is 45.6 Å². The molecule has 1 saturated carbocycles. The van der Waals surface area contributed by atoms with E-state index in [1.165, 1.54) is 19.3 Å². The molecule has 4 aliphatic rings. The molecule has 3 fully saturated rings. The van der Waals surface area contributed by atoms with Crippen LogP contribution in [0.3, 0.4) is 0 Å². The molecule has 0 radical (unpaired) electrons. The van der Waals surface area contributed by atoms with Gasteiger partial charge in [-0.3, -0.25) is 9.69 Å². The summed E-state index contributed by atoms with van der Waals surface area (Å²) in [4.78, 5) is 22.1. The molecule has 29 heavy (non-hydrogen) atoms. The van der Waals surface area contributed by atoms with Crippen LogP contribution >= 0.6 is 0 Å². The molecule has 0 unspecified atom stereocenters. The monoisotopic (exact) mass is 395 g/mol. The van der Waals surface area contributed by atoms with Crippen molar-refractivity contribution in [2.24, 2.45) is 23.2 Å². The molecule has 0 amide bonds. The van der Waals surface area contributed by atoms with Crippen LogP contribution in [0.4, 0.5) is 5.82 Å². The third kappa shape index (κ3) is 3.48. The molecule has 0 bridgehead atoms. The average Bonchev–Trinajstić information content (AvgIpc) is 3.01. The number of nitrogens with zero attached hydrogens (tertiary/aromatic N) is 3. The minimum Gasteiger partial charge on any atom is -0.461 e. The first-order chi connectivity index (χ1) is 14.0. The van der Waals surface area contributed by atoms with Gasteiger partial charge in [-0.15, -0.1) is 0 Å². The number of hydrogen-bond donors (Lipinski definition) is 0. The number of aromatic nitrogens is 1. The molecule has 5 atom stereocenters. The van der Waals surface area contributed by atoms with Gasteiger partial charge in [-0.25, -0.2) is 4.98 Å². The Hall–Kier alpha value is -1.88. The van der Waals surface area contributed by atoms with Crippen molar-refractivity contribution in [3.8, 4) is 0 Å². The number of carbonyl (C=O) groups excluding carboxylic acids is 1. The number of carbonyl (C=O) groups is 1. The second-order valence-corrected chi connectivity index (χ2v) is 9.81. The largest absolute Gasteiger partial charge is 0.461 e. The van der Waals surface area contributed by atoms with Crippen LogP contribution in [-0.2, 0) is 9.53 Å². The highest BCUT2D eigenvalue weighted by Crippen LogP contribution is 2.54. The average molecular weight is 396 g/mol. The number of pyridine rings is 1. The zero-order valence-corrected chi connectivity index (χ0v) is 17.7. The van der Waals surface area contributed by atoms with Gasteiger partial charge in [-0.05, 0) is 42.7 Å². The van der Waals surface area contributed by atoms with E-state index in [1.807, 2.05) is 18.3 Å². The Morgan fingerprint density at radius 1 is 1.24 bits per heavy atom. The van der Waals surface area contributed by atoms with Gasteiger partial charge < -0.3 is 9.64 Å². The first-order valence-electron chi connectivity index (χ1n) is 11.3. The fourth-order valence-electron chi connectivity index (χ4n) is 6.24. The second kappa shape index (κ2) is 7.42. The Morgan fingerprint density at radius 3 is 2.83 bits per heavy atom. The summed E-state index contributed by atoms with van der Waals surface area (Å²) in [6, 6.07) is 6.07. The van der Waals surface area contributed by atoms with Crippen LogP contribution in [-0.4, -0.2) is 54.7 Å². The third-order valence-corrected chi connectivity index (χ3v) is 7.88. The highest BCUT2D eigenvalue weighted by molar-refractivity contribution is 5.76. The molecule has 5 nitrogen and oxygen atoms in total. The summed E-state index contributed by atoms with van der Waals surface area (Å²) in [5.74, 6) is 1.98. The van der Waals surface area contributed by atoms with Gasteiger partial charge in [-0.1, -0.05) is 38.0 Å². The van der Waals surface area contributed by atoms with Crippen LogP contribution in [0.25, 0.3) is 0 Å². The lowest BCUT2D eigenvalue weighted by Gasteiger charge is -2.46. The second-order valence-electron chi connectivity index (χ2n) is 9.81. The summed E-state index contributed by atoms with van der Waals surface area (Å²) in [6.45, 7) is 9.46. The standard InChI is InChI=1S/C24H33N3O2/c1-17-6-5-8-24(2)15-21-18(14-20(17)24)19(23(28)29-21)16-26-10-12-27(13-11-26)22-7-3-4-9-25-22/h3-4,7,9,14,17-19,21H,5-6,8,10-13,15-16H2,1-2H3/t17-,18+,19+,21+,24+/m0/s1. The molecule has 2 aliphatic heterocycles. The zero-order valence-electron chi connectivity index (χ0n) is 17.7. The normalized spacial score (nSPS) is 37.5. The van der Waals surface area contributed by atoms with Crippen molar-refractivity contribution in [1.29, 1.82) is 0 Å². The maximum absolute atomic E-state index is 12.8. The fraction of sp³-hybridized carbons (Fsp3) is 0.667. The van der Waals surface area contributed by atoms with Crippen LogP contribution in [0.15, 0.2) is 36.0 Å². The quantitative estimate of drug-likeness (QED) is 0.579. The molecular formula is C24H33N3O2. The van der Waals surface area contributed by atoms with Gasteiger partial charge in [0.05, 0.1) is 5.92 Å². The molecule has 2 saturated heterocycles. The SMILES string of the molecule is C[C@H]1CCC[C@]2(C)C[C@H]3OC(=O)[C@H](CN4CCN(c5ccccn5)CC4)[C@H]3C=C12. The van der Waals surface area contributed by atoms with Gasteiger partial charge in [-0.2, -0.15) is 0 Å². The summed E-state index contributed by atoms with van der Waals surface area (Å²) < 4.78 is 5.93. The van der Waals surface area contributed by atoms with E-state index in [0.717, 1.165) is 45.0 Å². The van der Waals surface area contributed by atoms with Crippen LogP contribution < -0.4 is 4.90 Å². The molecule has 5 rings (SSSR count). The predicted molar refractivity (Wildman–Crippen MR) is 114 cm³/mol. The van der Waals surface area contributed by atoms with Crippen molar-refractivity contribution in [1.82, 2.24) is 9.88 Å². The highest BCUT2D eigenvalue weighted by Gasteiger charge is 2.52. The van der Waals surface area contributed by atoms with Crippen molar-refractivity contribution in [3.05, 3.63) is 36.0 Å². The molecule has 2 aliphatic carbocycles. The van der Waals surface area contributed by atoms with Gasteiger partial charge in [0.25, 0.3) is 0 Å². The highest BCUT2D eigenvalue weighted by atomic mass is 16.6. The fourth-order valence-corrected chi connectivity index (χ4v) is 6.24. The van der Waals surface area contributed by atoms with E-state index in [1.54, 1.807) is 5.57 Å². The lowest BCUT2D eigenvalue weighted by molar-refractivity contribution is -0.145. The molecule has 5 heteroatoms. The van der Waals surface area contributed by atoms with Crippen LogP contribution in [0.1, 0.15) is 39.5 Å². The number of fused-ring (bicyclic) bond motifs is 2. The van der Waals surface area contributed by atoms with E-state index >= 15 is 0 Å². The molecule has 0 aromatic carbocycles. The number of rotatable bonds is 3. The summed E-state index contributed by atoms with van der Waals surface area (Å²) in [6.07, 6.45) is 9.25.